The lowest BCUT2D eigenvalue weighted by molar-refractivity contribution is -0.167. The zero-order valence-corrected chi connectivity index (χ0v) is 38.8. The molecule has 1 unspecified atom stereocenters. The van der Waals surface area contributed by atoms with Gasteiger partial charge in [-0.1, -0.05) is 216 Å². The van der Waals surface area contributed by atoms with E-state index in [4.69, 9.17) is 14.2 Å². The molecule has 0 rings (SSSR count). The molecule has 0 fully saturated rings. The molecule has 340 valence electrons. The lowest BCUT2D eigenvalue weighted by Gasteiger charge is -2.18. The Labute approximate surface area is 364 Å². The Balaban J connectivity index is 3.91. The quantitative estimate of drug-likeness (QED) is 0.0263. The molecule has 0 aromatic heterocycles. The summed E-state index contributed by atoms with van der Waals surface area (Å²) in [5.41, 5.74) is 0. The molecule has 6 heteroatoms. The Morgan fingerprint density at radius 2 is 0.661 bits per heavy atom. The average Bonchev–Trinajstić information content (AvgIpc) is 3.23. The lowest BCUT2D eigenvalue weighted by atomic mass is 10.0. The molecule has 0 heterocycles. The van der Waals surface area contributed by atoms with Crippen LogP contribution in [0.25, 0.3) is 0 Å². The summed E-state index contributed by atoms with van der Waals surface area (Å²) in [6, 6.07) is 0. The molecular formula is C53H92O6. The fourth-order valence-electron chi connectivity index (χ4n) is 6.82. The maximum atomic E-state index is 12.5. The van der Waals surface area contributed by atoms with E-state index in [1.165, 1.54) is 109 Å². The highest BCUT2D eigenvalue weighted by Gasteiger charge is 2.19. The molecule has 59 heavy (non-hydrogen) atoms. The van der Waals surface area contributed by atoms with Gasteiger partial charge in [-0.3, -0.25) is 14.4 Å². The lowest BCUT2D eigenvalue weighted by Crippen LogP contribution is -2.30. The van der Waals surface area contributed by atoms with Crippen LogP contribution in [0.5, 0.6) is 0 Å². The van der Waals surface area contributed by atoms with Crippen LogP contribution in [0.3, 0.4) is 0 Å². The molecule has 0 N–H and O–H groups in total. The molecule has 0 aromatic rings. The number of carbonyl (C=O) groups is 3. The zero-order chi connectivity index (χ0) is 43.0. The first-order chi connectivity index (χ1) is 29.0. The predicted octanol–water partition coefficient (Wildman–Crippen LogP) is 16.1. The standard InChI is InChI=1S/C53H92O6/c1-4-7-10-13-16-17-18-19-20-21-22-23-24-25-26-27-28-29-30-31-32-33-34-35-36-37-38-41-43-46-52(55)58-49-50(59-53(56)47-44-40-15-12-9-6-3)48-57-51(54)45-42-39-14-11-8-5-2/h7,10,16-17,19-20,22-23,25-26,50H,4-6,8-9,11-15,18,21,24,27-49H2,1-3H3/b10-7-,17-16-,20-19-,23-22-,26-25-. The van der Waals surface area contributed by atoms with Crippen molar-refractivity contribution in [1.29, 1.82) is 0 Å². The summed E-state index contributed by atoms with van der Waals surface area (Å²) in [5.74, 6) is -0.893. The maximum absolute atomic E-state index is 12.5. The first kappa shape index (κ1) is 56.1. The molecule has 0 saturated heterocycles. The van der Waals surface area contributed by atoms with E-state index >= 15 is 0 Å². The van der Waals surface area contributed by atoms with Crippen LogP contribution in [0, 0.1) is 0 Å². The first-order valence-corrected chi connectivity index (χ1v) is 24.8. The van der Waals surface area contributed by atoms with E-state index in [1.54, 1.807) is 0 Å². The molecule has 0 radical (unpaired) electrons. The van der Waals surface area contributed by atoms with Crippen molar-refractivity contribution in [3.05, 3.63) is 60.8 Å². The largest absolute Gasteiger partial charge is 0.462 e. The Morgan fingerprint density at radius 1 is 0.356 bits per heavy atom. The second-order valence-corrected chi connectivity index (χ2v) is 16.4. The van der Waals surface area contributed by atoms with Crippen LogP contribution in [0.2, 0.25) is 0 Å². The van der Waals surface area contributed by atoms with Crippen molar-refractivity contribution in [3.8, 4) is 0 Å². The third-order valence-corrected chi connectivity index (χ3v) is 10.5. The molecule has 0 aliphatic heterocycles. The molecular weight excluding hydrogens is 733 g/mol. The van der Waals surface area contributed by atoms with E-state index in [0.717, 1.165) is 89.9 Å². The van der Waals surface area contributed by atoms with Crippen LogP contribution in [-0.4, -0.2) is 37.2 Å². The number of ether oxygens (including phenoxy) is 3. The second-order valence-electron chi connectivity index (χ2n) is 16.4. The Hall–Kier alpha value is -2.89. The molecule has 0 aliphatic carbocycles. The van der Waals surface area contributed by atoms with Crippen molar-refractivity contribution in [2.45, 2.75) is 245 Å². The van der Waals surface area contributed by atoms with Gasteiger partial charge in [0.2, 0.25) is 0 Å². The molecule has 0 spiro atoms. The van der Waals surface area contributed by atoms with Crippen LogP contribution < -0.4 is 0 Å². The van der Waals surface area contributed by atoms with E-state index < -0.39 is 6.10 Å². The second kappa shape index (κ2) is 47.8. The Kier molecular flexibility index (Phi) is 45.4. The van der Waals surface area contributed by atoms with Crippen LogP contribution in [0.15, 0.2) is 60.8 Å². The number of hydrogen-bond acceptors (Lipinski definition) is 6. The van der Waals surface area contributed by atoms with Crippen molar-refractivity contribution in [2.75, 3.05) is 13.2 Å². The minimum atomic E-state index is -0.764. The molecule has 0 aliphatic rings. The summed E-state index contributed by atoms with van der Waals surface area (Å²) in [7, 11) is 0. The maximum Gasteiger partial charge on any atom is 0.306 e. The van der Waals surface area contributed by atoms with Crippen molar-refractivity contribution in [3.63, 3.8) is 0 Å². The number of carbonyl (C=O) groups excluding carboxylic acids is 3. The van der Waals surface area contributed by atoms with Crippen molar-refractivity contribution >= 4 is 17.9 Å². The van der Waals surface area contributed by atoms with E-state index in [9.17, 15) is 14.4 Å². The summed E-state index contributed by atoms with van der Waals surface area (Å²) >= 11 is 0. The molecule has 0 amide bonds. The number of allylic oxidation sites excluding steroid dienone is 10. The molecule has 0 bridgehead atoms. The van der Waals surface area contributed by atoms with E-state index in [-0.39, 0.29) is 31.1 Å². The van der Waals surface area contributed by atoms with Gasteiger partial charge in [-0.15, -0.1) is 0 Å². The van der Waals surface area contributed by atoms with Gasteiger partial charge in [0.25, 0.3) is 0 Å². The molecule has 6 nitrogen and oxygen atoms in total. The molecule has 1 atom stereocenters. The predicted molar refractivity (Wildman–Crippen MR) is 251 cm³/mol. The highest BCUT2D eigenvalue weighted by atomic mass is 16.6. The average molecular weight is 825 g/mol. The summed E-state index contributed by atoms with van der Waals surface area (Å²) < 4.78 is 16.5. The Morgan fingerprint density at radius 3 is 1.03 bits per heavy atom. The monoisotopic (exact) mass is 825 g/mol. The van der Waals surface area contributed by atoms with Crippen LogP contribution in [-0.2, 0) is 28.6 Å². The van der Waals surface area contributed by atoms with Gasteiger partial charge in [-0.05, 0) is 64.2 Å². The van der Waals surface area contributed by atoms with Crippen molar-refractivity contribution in [1.82, 2.24) is 0 Å². The Bertz CT molecular complexity index is 1090. The molecule has 0 aromatic carbocycles. The van der Waals surface area contributed by atoms with Gasteiger partial charge in [0.15, 0.2) is 6.10 Å². The van der Waals surface area contributed by atoms with Crippen LogP contribution in [0.4, 0.5) is 0 Å². The van der Waals surface area contributed by atoms with E-state index in [0.29, 0.717) is 19.3 Å². The van der Waals surface area contributed by atoms with Gasteiger partial charge < -0.3 is 14.2 Å². The SMILES string of the molecule is CC/C=C\C/C=C\C/C=C\C/C=C\C/C=C\CCCCCCCCCCCCCCCC(=O)OCC(COC(=O)CCCCCCCC)OC(=O)CCCCCCCC. The normalized spacial score (nSPS) is 12.5. The fraction of sp³-hybridized carbons (Fsp3) is 0.755. The minimum Gasteiger partial charge on any atom is -0.462 e. The fourth-order valence-corrected chi connectivity index (χ4v) is 6.82. The van der Waals surface area contributed by atoms with Crippen molar-refractivity contribution < 1.29 is 28.6 Å². The highest BCUT2D eigenvalue weighted by molar-refractivity contribution is 5.71. The van der Waals surface area contributed by atoms with Gasteiger partial charge in [-0.2, -0.15) is 0 Å². The zero-order valence-electron chi connectivity index (χ0n) is 38.8. The van der Waals surface area contributed by atoms with E-state index in [2.05, 4.69) is 81.5 Å². The summed E-state index contributed by atoms with van der Waals surface area (Å²) in [4.78, 5) is 37.3. The topological polar surface area (TPSA) is 78.9 Å². The third kappa shape index (κ3) is 46.0. The van der Waals surface area contributed by atoms with Gasteiger partial charge in [0.05, 0.1) is 0 Å². The van der Waals surface area contributed by atoms with Gasteiger partial charge in [0, 0.05) is 19.3 Å². The number of hydrogen-bond donors (Lipinski definition) is 0. The van der Waals surface area contributed by atoms with Gasteiger partial charge >= 0.3 is 17.9 Å². The van der Waals surface area contributed by atoms with E-state index in [1.807, 2.05) is 0 Å². The highest BCUT2D eigenvalue weighted by Crippen LogP contribution is 2.15. The minimum absolute atomic E-state index is 0.0728. The third-order valence-electron chi connectivity index (χ3n) is 10.5. The van der Waals surface area contributed by atoms with Gasteiger partial charge in [-0.25, -0.2) is 0 Å². The van der Waals surface area contributed by atoms with Crippen LogP contribution >= 0.6 is 0 Å². The van der Waals surface area contributed by atoms with Crippen LogP contribution in [0.1, 0.15) is 239 Å². The summed E-state index contributed by atoms with van der Waals surface area (Å²) in [5, 5.41) is 0. The first-order valence-electron chi connectivity index (χ1n) is 24.8. The molecule has 0 saturated carbocycles. The van der Waals surface area contributed by atoms with Gasteiger partial charge in [0.1, 0.15) is 13.2 Å². The smallest absolute Gasteiger partial charge is 0.306 e. The number of unbranched alkanes of at least 4 members (excludes halogenated alkanes) is 23. The number of rotatable bonds is 44. The summed E-state index contributed by atoms with van der Waals surface area (Å²) in [6.45, 7) is 6.39. The number of esters is 3. The van der Waals surface area contributed by atoms with Crippen molar-refractivity contribution in [2.24, 2.45) is 0 Å². The summed E-state index contributed by atoms with van der Waals surface area (Å²) in [6.07, 6.45) is 58.4.